The van der Waals surface area contributed by atoms with Crippen molar-refractivity contribution in [2.75, 3.05) is 17.8 Å². The standard InChI is InChI=1S/C17H21N5O2S/c1-11-9-17(2,3)22(14-7-6-12(24-5)8-13(11)14)15(23)10-25-16-18-19-20-21(16)4/h6-9H,10H2,1-5H3. The molecule has 2 aromatic rings. The molecule has 132 valence electrons. The highest BCUT2D eigenvalue weighted by molar-refractivity contribution is 7.99. The topological polar surface area (TPSA) is 73.1 Å². The number of allylic oxidation sites excluding steroid dienone is 1. The largest absolute Gasteiger partial charge is 0.497 e. The Bertz CT molecular complexity index is 843. The van der Waals surface area contributed by atoms with E-state index in [0.29, 0.717) is 5.16 Å². The molecule has 0 spiro atoms. The summed E-state index contributed by atoms with van der Waals surface area (Å²) in [6, 6.07) is 5.79. The summed E-state index contributed by atoms with van der Waals surface area (Å²) in [6.07, 6.45) is 2.11. The summed E-state index contributed by atoms with van der Waals surface area (Å²) in [4.78, 5) is 14.8. The van der Waals surface area contributed by atoms with E-state index in [1.807, 2.05) is 36.9 Å². The monoisotopic (exact) mass is 359 g/mol. The molecule has 0 N–H and O–H groups in total. The number of aryl methyl sites for hydroxylation is 1. The Hall–Kier alpha value is -2.35. The maximum atomic E-state index is 13.0. The van der Waals surface area contributed by atoms with Crippen LogP contribution in [0.1, 0.15) is 26.3 Å². The quantitative estimate of drug-likeness (QED) is 0.781. The van der Waals surface area contributed by atoms with E-state index in [2.05, 4.69) is 28.5 Å². The Kier molecular flexibility index (Phi) is 4.55. The van der Waals surface area contributed by atoms with Crippen molar-refractivity contribution in [1.82, 2.24) is 20.2 Å². The number of nitrogens with zero attached hydrogens (tertiary/aromatic N) is 5. The number of benzene rings is 1. The maximum Gasteiger partial charge on any atom is 0.238 e. The Morgan fingerprint density at radius 1 is 1.36 bits per heavy atom. The van der Waals surface area contributed by atoms with Gasteiger partial charge in [-0.15, -0.1) is 5.10 Å². The lowest BCUT2D eigenvalue weighted by Crippen LogP contribution is -2.49. The minimum absolute atomic E-state index is 0.00756. The number of hydrogen-bond donors (Lipinski definition) is 0. The average Bonchev–Trinajstić information content (AvgIpc) is 2.97. The van der Waals surface area contributed by atoms with Gasteiger partial charge in [-0.05, 0) is 55.0 Å². The molecule has 0 radical (unpaired) electrons. The van der Waals surface area contributed by atoms with Crippen molar-refractivity contribution in [3.8, 4) is 5.75 Å². The van der Waals surface area contributed by atoms with Gasteiger partial charge in [0.2, 0.25) is 11.1 Å². The summed E-state index contributed by atoms with van der Waals surface area (Å²) in [5, 5.41) is 11.9. The first kappa shape index (κ1) is 17.5. The number of fused-ring (bicyclic) bond motifs is 1. The molecule has 0 atom stereocenters. The molecule has 1 aromatic carbocycles. The smallest absolute Gasteiger partial charge is 0.238 e. The Morgan fingerprint density at radius 3 is 2.76 bits per heavy atom. The van der Waals surface area contributed by atoms with E-state index in [9.17, 15) is 4.79 Å². The van der Waals surface area contributed by atoms with Crippen molar-refractivity contribution in [3.05, 3.63) is 29.8 Å². The number of aromatic nitrogens is 4. The van der Waals surface area contributed by atoms with Crippen molar-refractivity contribution < 1.29 is 9.53 Å². The highest BCUT2D eigenvalue weighted by atomic mass is 32.2. The van der Waals surface area contributed by atoms with Crippen LogP contribution < -0.4 is 9.64 Å². The Balaban J connectivity index is 1.91. The number of rotatable bonds is 4. The zero-order valence-corrected chi connectivity index (χ0v) is 15.8. The number of methoxy groups -OCH3 is 1. The van der Waals surface area contributed by atoms with Gasteiger partial charge in [0.15, 0.2) is 0 Å². The molecule has 0 bridgehead atoms. The third-order valence-electron chi connectivity index (χ3n) is 4.17. The first-order valence-electron chi connectivity index (χ1n) is 7.89. The zero-order valence-electron chi connectivity index (χ0n) is 15.0. The van der Waals surface area contributed by atoms with Gasteiger partial charge in [-0.1, -0.05) is 17.8 Å². The fraction of sp³-hybridized carbons (Fsp3) is 0.412. The summed E-state index contributed by atoms with van der Waals surface area (Å²) in [7, 11) is 3.40. The van der Waals surface area contributed by atoms with Gasteiger partial charge in [-0.25, -0.2) is 4.68 Å². The number of hydrogen-bond acceptors (Lipinski definition) is 6. The zero-order chi connectivity index (χ0) is 18.2. The van der Waals surface area contributed by atoms with Crippen LogP contribution in [0.25, 0.3) is 5.57 Å². The molecule has 1 aliphatic rings. The minimum Gasteiger partial charge on any atom is -0.497 e. The number of anilines is 1. The van der Waals surface area contributed by atoms with Gasteiger partial charge < -0.3 is 9.64 Å². The lowest BCUT2D eigenvalue weighted by atomic mass is 9.88. The minimum atomic E-state index is -0.415. The Labute approximate surface area is 151 Å². The summed E-state index contributed by atoms with van der Waals surface area (Å²) < 4.78 is 6.88. The first-order valence-corrected chi connectivity index (χ1v) is 8.88. The number of carbonyl (C=O) groups is 1. The van der Waals surface area contributed by atoms with Crippen LogP contribution in [0.4, 0.5) is 5.69 Å². The van der Waals surface area contributed by atoms with Crippen molar-refractivity contribution in [1.29, 1.82) is 0 Å². The molecule has 8 heteroatoms. The molecular formula is C17H21N5O2S. The predicted molar refractivity (Wildman–Crippen MR) is 97.7 cm³/mol. The molecule has 1 amide bonds. The molecule has 1 aromatic heterocycles. The van der Waals surface area contributed by atoms with E-state index in [4.69, 9.17) is 4.74 Å². The van der Waals surface area contributed by atoms with Crippen molar-refractivity contribution in [2.24, 2.45) is 7.05 Å². The highest BCUT2D eigenvalue weighted by Crippen LogP contribution is 2.40. The predicted octanol–water partition coefficient (Wildman–Crippen LogP) is 2.54. The molecule has 3 rings (SSSR count). The van der Waals surface area contributed by atoms with Gasteiger partial charge in [-0.2, -0.15) is 0 Å². The van der Waals surface area contributed by atoms with E-state index in [1.165, 1.54) is 11.8 Å². The molecule has 0 aliphatic carbocycles. The molecule has 0 saturated heterocycles. The summed E-state index contributed by atoms with van der Waals surface area (Å²) in [5.41, 5.74) is 2.62. The SMILES string of the molecule is COc1ccc2c(c1)C(C)=CC(C)(C)N2C(=O)CSc1nnnn1C. The molecule has 0 unspecified atom stereocenters. The fourth-order valence-electron chi connectivity index (χ4n) is 3.13. The van der Waals surface area contributed by atoms with E-state index in [0.717, 1.165) is 22.6 Å². The van der Waals surface area contributed by atoms with Crippen molar-refractivity contribution >= 4 is 28.9 Å². The molecule has 7 nitrogen and oxygen atoms in total. The maximum absolute atomic E-state index is 13.0. The number of thioether (sulfide) groups is 1. The van der Waals surface area contributed by atoms with Gasteiger partial charge in [-0.3, -0.25) is 4.79 Å². The molecular weight excluding hydrogens is 338 g/mol. The van der Waals surface area contributed by atoms with Crippen LogP contribution in [0.5, 0.6) is 5.75 Å². The van der Waals surface area contributed by atoms with Crippen LogP contribution in [0.3, 0.4) is 0 Å². The van der Waals surface area contributed by atoms with Gasteiger partial charge in [0, 0.05) is 12.6 Å². The summed E-state index contributed by atoms with van der Waals surface area (Å²) in [6.45, 7) is 6.13. The molecule has 25 heavy (non-hydrogen) atoms. The second-order valence-electron chi connectivity index (χ2n) is 6.47. The molecule has 0 saturated carbocycles. The van der Waals surface area contributed by atoms with E-state index < -0.39 is 5.54 Å². The lowest BCUT2D eigenvalue weighted by molar-refractivity contribution is -0.116. The van der Waals surface area contributed by atoms with Crippen LogP contribution in [0.2, 0.25) is 0 Å². The second-order valence-corrected chi connectivity index (χ2v) is 7.41. The highest BCUT2D eigenvalue weighted by Gasteiger charge is 2.35. The van der Waals surface area contributed by atoms with E-state index >= 15 is 0 Å². The lowest BCUT2D eigenvalue weighted by Gasteiger charge is -2.41. The third kappa shape index (κ3) is 3.26. The average molecular weight is 359 g/mol. The summed E-state index contributed by atoms with van der Waals surface area (Å²) >= 11 is 1.33. The number of ether oxygens (including phenoxy) is 1. The van der Waals surface area contributed by atoms with Gasteiger partial charge in [0.05, 0.1) is 24.1 Å². The Morgan fingerprint density at radius 2 is 2.12 bits per heavy atom. The second kappa shape index (κ2) is 6.51. The van der Waals surface area contributed by atoms with Crippen LogP contribution in [-0.2, 0) is 11.8 Å². The van der Waals surface area contributed by atoms with Crippen molar-refractivity contribution in [2.45, 2.75) is 31.5 Å². The molecule has 1 aliphatic heterocycles. The fourth-order valence-corrected chi connectivity index (χ4v) is 3.82. The van der Waals surface area contributed by atoms with Crippen LogP contribution >= 0.6 is 11.8 Å². The molecule has 0 fully saturated rings. The third-order valence-corrected chi connectivity index (χ3v) is 5.17. The number of carbonyl (C=O) groups excluding carboxylic acids is 1. The first-order chi connectivity index (χ1) is 11.8. The van der Waals surface area contributed by atoms with Crippen LogP contribution in [-0.4, -0.2) is 44.5 Å². The van der Waals surface area contributed by atoms with Crippen molar-refractivity contribution in [3.63, 3.8) is 0 Å². The normalized spacial score (nSPS) is 15.6. The van der Waals surface area contributed by atoms with E-state index in [-0.39, 0.29) is 11.7 Å². The summed E-state index contributed by atoms with van der Waals surface area (Å²) in [5.74, 6) is 1.04. The van der Waals surface area contributed by atoms with E-state index in [1.54, 1.807) is 18.8 Å². The molecule has 2 heterocycles. The van der Waals surface area contributed by atoms with Gasteiger partial charge in [0.1, 0.15) is 5.75 Å². The van der Waals surface area contributed by atoms with Gasteiger partial charge in [0.25, 0.3) is 0 Å². The van der Waals surface area contributed by atoms with Crippen LogP contribution in [0, 0.1) is 0 Å². The van der Waals surface area contributed by atoms with Crippen LogP contribution in [0.15, 0.2) is 29.4 Å². The number of amides is 1. The van der Waals surface area contributed by atoms with Gasteiger partial charge >= 0.3 is 0 Å². The number of tetrazole rings is 1.